The van der Waals surface area contributed by atoms with Crippen LogP contribution in [0.3, 0.4) is 0 Å². The third-order valence-corrected chi connectivity index (χ3v) is 2.97. The van der Waals surface area contributed by atoms with Crippen LogP contribution in [-0.2, 0) is 7.05 Å². The number of hydrogen-bond acceptors (Lipinski definition) is 5. The van der Waals surface area contributed by atoms with E-state index in [9.17, 15) is 0 Å². The van der Waals surface area contributed by atoms with Crippen LogP contribution in [0.5, 0.6) is 17.5 Å². The topological polar surface area (TPSA) is 61.2 Å². The zero-order valence-corrected chi connectivity index (χ0v) is 12.3. The highest BCUT2D eigenvalue weighted by atomic mass is 16.5. The molecule has 1 atom stereocenters. The third-order valence-electron chi connectivity index (χ3n) is 2.97. The molecule has 0 spiro atoms. The maximum Gasteiger partial charge on any atom is 0.340 e. The monoisotopic (exact) mass is 276 g/mol. The molecule has 1 unspecified atom stereocenters. The molecule has 0 aliphatic heterocycles. The molecule has 108 valence electrons. The maximum atomic E-state index is 5.78. The van der Waals surface area contributed by atoms with Gasteiger partial charge in [0.05, 0.1) is 12.7 Å². The highest BCUT2D eigenvalue weighted by Gasteiger charge is 2.18. The van der Waals surface area contributed by atoms with Crippen molar-refractivity contribution in [1.82, 2.24) is 20.1 Å². The summed E-state index contributed by atoms with van der Waals surface area (Å²) in [5.41, 5.74) is 0.962. The fourth-order valence-corrected chi connectivity index (χ4v) is 2.09. The van der Waals surface area contributed by atoms with Crippen LogP contribution in [-0.4, -0.2) is 28.4 Å². The van der Waals surface area contributed by atoms with Crippen LogP contribution in [0.15, 0.2) is 24.5 Å². The summed E-state index contributed by atoms with van der Waals surface area (Å²) < 4.78 is 12.8. The summed E-state index contributed by atoms with van der Waals surface area (Å²) in [5, 5.41) is 7.49. The van der Waals surface area contributed by atoms with Gasteiger partial charge >= 0.3 is 6.01 Å². The van der Waals surface area contributed by atoms with Gasteiger partial charge in [-0.25, -0.2) is 0 Å². The fraction of sp³-hybridized carbons (Fsp3) is 0.429. The Morgan fingerprint density at radius 2 is 2.10 bits per heavy atom. The molecule has 20 heavy (non-hydrogen) atoms. The summed E-state index contributed by atoms with van der Waals surface area (Å²) in [6.07, 6.45) is 1.60. The number of ether oxygens (including phenoxy) is 2. The molecular weight excluding hydrogens is 256 g/mol. The number of nitrogens with zero attached hydrogens (tertiary/aromatic N) is 3. The standard InChI is InChI=1S/C14H20N4O2/c1-5-15-10(2)13-11(19-4)7-6-8-12(13)20-14-16-9-18(3)17-14/h6-10,15H,5H2,1-4H3. The van der Waals surface area contributed by atoms with Crippen LogP contribution < -0.4 is 14.8 Å². The van der Waals surface area contributed by atoms with Crippen molar-refractivity contribution in [2.75, 3.05) is 13.7 Å². The number of hydrogen-bond donors (Lipinski definition) is 1. The van der Waals surface area contributed by atoms with Crippen molar-refractivity contribution in [2.45, 2.75) is 19.9 Å². The van der Waals surface area contributed by atoms with E-state index in [0.29, 0.717) is 11.8 Å². The molecule has 1 aromatic heterocycles. The highest BCUT2D eigenvalue weighted by Crippen LogP contribution is 2.35. The van der Waals surface area contributed by atoms with Crippen molar-refractivity contribution in [1.29, 1.82) is 0 Å². The minimum absolute atomic E-state index is 0.106. The molecule has 0 aliphatic rings. The van der Waals surface area contributed by atoms with Gasteiger partial charge in [0.15, 0.2) is 0 Å². The number of rotatable bonds is 6. The molecule has 1 aromatic carbocycles. The van der Waals surface area contributed by atoms with Crippen molar-refractivity contribution in [3.8, 4) is 17.5 Å². The van der Waals surface area contributed by atoms with Crippen LogP contribution in [0.25, 0.3) is 0 Å². The normalized spacial score (nSPS) is 12.2. The zero-order chi connectivity index (χ0) is 14.5. The Morgan fingerprint density at radius 1 is 1.35 bits per heavy atom. The Labute approximate surface area is 118 Å². The second-order valence-corrected chi connectivity index (χ2v) is 4.45. The van der Waals surface area contributed by atoms with Crippen LogP contribution in [0.4, 0.5) is 0 Å². The van der Waals surface area contributed by atoms with E-state index in [1.807, 2.05) is 18.2 Å². The molecule has 0 aliphatic carbocycles. The molecule has 0 saturated heterocycles. The zero-order valence-electron chi connectivity index (χ0n) is 12.3. The van der Waals surface area contributed by atoms with Gasteiger partial charge in [0, 0.05) is 13.1 Å². The fourth-order valence-electron chi connectivity index (χ4n) is 2.09. The Bertz CT molecular complexity index is 568. The molecule has 6 heteroatoms. The summed E-state index contributed by atoms with van der Waals surface area (Å²) in [7, 11) is 3.45. The van der Waals surface area contributed by atoms with Gasteiger partial charge in [-0.2, -0.15) is 4.98 Å². The lowest BCUT2D eigenvalue weighted by Crippen LogP contribution is -2.19. The Morgan fingerprint density at radius 3 is 2.70 bits per heavy atom. The largest absolute Gasteiger partial charge is 0.496 e. The van der Waals surface area contributed by atoms with Crippen molar-refractivity contribution in [3.63, 3.8) is 0 Å². The third kappa shape index (κ3) is 3.08. The average Bonchev–Trinajstić information content (AvgIpc) is 2.84. The van der Waals surface area contributed by atoms with Crippen LogP contribution in [0, 0.1) is 0 Å². The first kappa shape index (κ1) is 14.3. The van der Waals surface area contributed by atoms with Gasteiger partial charge in [0.1, 0.15) is 17.8 Å². The molecule has 0 radical (unpaired) electrons. The van der Waals surface area contributed by atoms with Crippen molar-refractivity contribution in [3.05, 3.63) is 30.1 Å². The summed E-state index contributed by atoms with van der Waals surface area (Å²) in [6.45, 7) is 4.99. The number of aryl methyl sites for hydroxylation is 1. The summed E-state index contributed by atoms with van der Waals surface area (Å²) in [5.74, 6) is 1.48. The van der Waals surface area contributed by atoms with Gasteiger partial charge in [-0.1, -0.05) is 13.0 Å². The first-order valence-electron chi connectivity index (χ1n) is 6.59. The second kappa shape index (κ2) is 6.38. The van der Waals surface area contributed by atoms with E-state index in [2.05, 4.69) is 29.2 Å². The molecule has 2 aromatic rings. The van der Waals surface area contributed by atoms with Gasteiger partial charge in [0.2, 0.25) is 0 Å². The summed E-state index contributed by atoms with van der Waals surface area (Å²) in [6, 6.07) is 6.13. The van der Waals surface area contributed by atoms with Crippen LogP contribution in [0.2, 0.25) is 0 Å². The Hall–Kier alpha value is -2.08. The van der Waals surface area contributed by atoms with Gasteiger partial charge < -0.3 is 14.8 Å². The summed E-state index contributed by atoms with van der Waals surface area (Å²) in [4.78, 5) is 4.08. The highest BCUT2D eigenvalue weighted by molar-refractivity contribution is 5.47. The lowest BCUT2D eigenvalue weighted by Gasteiger charge is -2.19. The van der Waals surface area contributed by atoms with Crippen molar-refractivity contribution >= 4 is 0 Å². The average molecular weight is 276 g/mol. The Balaban J connectivity index is 2.35. The number of aromatic nitrogens is 3. The molecule has 0 saturated carbocycles. The smallest absolute Gasteiger partial charge is 0.340 e. The minimum atomic E-state index is 0.106. The lowest BCUT2D eigenvalue weighted by molar-refractivity contribution is 0.384. The van der Waals surface area contributed by atoms with Crippen molar-refractivity contribution < 1.29 is 9.47 Å². The minimum Gasteiger partial charge on any atom is -0.496 e. The summed E-state index contributed by atoms with van der Waals surface area (Å²) >= 11 is 0. The van der Waals surface area contributed by atoms with E-state index >= 15 is 0 Å². The van der Waals surface area contributed by atoms with E-state index in [1.54, 1.807) is 25.2 Å². The number of methoxy groups -OCH3 is 1. The molecule has 6 nitrogen and oxygen atoms in total. The molecule has 2 rings (SSSR count). The molecule has 0 amide bonds. The lowest BCUT2D eigenvalue weighted by atomic mass is 10.1. The Kier molecular flexibility index (Phi) is 4.57. The van der Waals surface area contributed by atoms with Gasteiger partial charge in [0.25, 0.3) is 0 Å². The van der Waals surface area contributed by atoms with Gasteiger partial charge in [-0.3, -0.25) is 4.68 Å². The predicted octanol–water partition coefficient (Wildman–Crippen LogP) is 2.29. The maximum absolute atomic E-state index is 5.78. The van der Waals surface area contributed by atoms with E-state index in [4.69, 9.17) is 9.47 Å². The molecular formula is C14H20N4O2. The van der Waals surface area contributed by atoms with Crippen LogP contribution >= 0.6 is 0 Å². The molecule has 0 bridgehead atoms. The first-order chi connectivity index (χ1) is 9.65. The predicted molar refractivity (Wildman–Crippen MR) is 76.2 cm³/mol. The SMILES string of the molecule is CCNC(C)c1c(OC)cccc1Oc1ncn(C)n1. The second-order valence-electron chi connectivity index (χ2n) is 4.45. The van der Waals surface area contributed by atoms with Gasteiger partial charge in [-0.15, -0.1) is 5.10 Å². The van der Waals surface area contributed by atoms with Gasteiger partial charge in [-0.05, 0) is 25.6 Å². The molecule has 1 N–H and O–H groups in total. The number of nitrogens with one attached hydrogen (secondary N) is 1. The van der Waals surface area contributed by atoms with E-state index in [-0.39, 0.29) is 6.04 Å². The quantitative estimate of drug-likeness (QED) is 0.877. The van der Waals surface area contributed by atoms with E-state index in [1.165, 1.54) is 0 Å². The van der Waals surface area contributed by atoms with Crippen molar-refractivity contribution in [2.24, 2.45) is 7.05 Å². The molecule has 1 heterocycles. The first-order valence-corrected chi connectivity index (χ1v) is 6.59. The number of benzene rings is 1. The van der Waals surface area contributed by atoms with E-state index in [0.717, 1.165) is 17.9 Å². The van der Waals surface area contributed by atoms with E-state index < -0.39 is 0 Å². The molecule has 0 fully saturated rings. The van der Waals surface area contributed by atoms with Crippen LogP contribution in [0.1, 0.15) is 25.5 Å².